The van der Waals surface area contributed by atoms with Crippen molar-refractivity contribution in [2.45, 2.75) is 52.5 Å². The predicted molar refractivity (Wildman–Crippen MR) is 136 cm³/mol. The third kappa shape index (κ3) is 6.97. The molecule has 0 aliphatic carbocycles. The topological polar surface area (TPSA) is 69.7 Å². The van der Waals surface area contributed by atoms with Crippen molar-refractivity contribution in [2.24, 2.45) is 5.92 Å². The first-order valence-electron chi connectivity index (χ1n) is 11.6. The Morgan fingerprint density at radius 2 is 1.73 bits per heavy atom. The molecule has 0 aromatic heterocycles. The van der Waals surface area contributed by atoms with Crippen molar-refractivity contribution in [3.63, 3.8) is 0 Å². The average Bonchev–Trinajstić information content (AvgIpc) is 2.75. The summed E-state index contributed by atoms with van der Waals surface area (Å²) in [5, 5.41) is 2.85. The fraction of sp³-hybridized carbons (Fsp3) is 0.500. The van der Waals surface area contributed by atoms with E-state index in [0.29, 0.717) is 18.2 Å². The lowest BCUT2D eigenvalue weighted by Crippen LogP contribution is -2.40. The molecule has 0 saturated carbocycles. The van der Waals surface area contributed by atoms with E-state index in [9.17, 15) is 13.2 Å². The van der Waals surface area contributed by atoms with Gasteiger partial charge in [-0.05, 0) is 59.6 Å². The van der Waals surface area contributed by atoms with Gasteiger partial charge in [-0.15, -0.1) is 0 Å². The van der Waals surface area contributed by atoms with Crippen LogP contribution in [0.2, 0.25) is 0 Å². The third-order valence-corrected chi connectivity index (χ3v) is 7.30. The quantitative estimate of drug-likeness (QED) is 0.654. The van der Waals surface area contributed by atoms with Crippen LogP contribution in [0.1, 0.15) is 51.7 Å². The lowest BCUT2D eigenvalue weighted by atomic mass is 9.87. The second-order valence-corrected chi connectivity index (χ2v) is 12.1. The highest BCUT2D eigenvalue weighted by Crippen LogP contribution is 2.26. The van der Waals surface area contributed by atoms with Crippen LogP contribution in [-0.2, 0) is 26.8 Å². The lowest BCUT2D eigenvalue weighted by Gasteiger charge is -2.32. The molecule has 1 fully saturated rings. The lowest BCUT2D eigenvalue weighted by molar-refractivity contribution is -0.119. The Bertz CT molecular complexity index is 1040. The Kier molecular flexibility index (Phi) is 7.73. The number of sulfonamides is 1. The molecular weight excluding hydrogens is 434 g/mol. The van der Waals surface area contributed by atoms with E-state index in [1.165, 1.54) is 18.5 Å². The molecule has 0 bridgehead atoms. The van der Waals surface area contributed by atoms with Crippen LogP contribution in [0.15, 0.2) is 48.5 Å². The van der Waals surface area contributed by atoms with E-state index < -0.39 is 10.0 Å². The van der Waals surface area contributed by atoms with Gasteiger partial charge in [0.25, 0.3) is 0 Å². The van der Waals surface area contributed by atoms with Gasteiger partial charge in [-0.3, -0.25) is 9.10 Å². The van der Waals surface area contributed by atoms with E-state index in [-0.39, 0.29) is 17.9 Å². The molecule has 1 N–H and O–H groups in total. The van der Waals surface area contributed by atoms with E-state index in [2.05, 4.69) is 50.0 Å². The summed E-state index contributed by atoms with van der Waals surface area (Å²) < 4.78 is 25.9. The zero-order chi connectivity index (χ0) is 24.2. The van der Waals surface area contributed by atoms with Crippen molar-refractivity contribution in [1.29, 1.82) is 0 Å². The number of hydrogen-bond donors (Lipinski definition) is 1. The minimum atomic E-state index is -3.60. The summed E-state index contributed by atoms with van der Waals surface area (Å²) in [5.74, 6) is 0.370. The van der Waals surface area contributed by atoms with Gasteiger partial charge in [0.05, 0.1) is 11.9 Å². The van der Waals surface area contributed by atoms with Gasteiger partial charge in [-0.1, -0.05) is 52.0 Å². The standard InChI is InChI=1S/C26H37N3O3S/c1-20-7-6-16-28(18-20)23-12-8-21(9-13-23)17-27-25(30)19-29(33(5,31)32)24-14-10-22(11-15-24)26(2,3)4/h8-15,20H,6-7,16-19H2,1-5H3,(H,27,30). The van der Waals surface area contributed by atoms with Crippen LogP contribution in [-0.4, -0.2) is 40.2 Å². The number of carbonyl (C=O) groups is 1. The molecule has 0 spiro atoms. The molecule has 1 saturated heterocycles. The number of carbonyl (C=O) groups excluding carboxylic acids is 1. The summed E-state index contributed by atoms with van der Waals surface area (Å²) in [6.45, 7) is 10.9. The number of benzene rings is 2. The van der Waals surface area contributed by atoms with Crippen molar-refractivity contribution in [1.82, 2.24) is 5.32 Å². The van der Waals surface area contributed by atoms with Crippen molar-refractivity contribution in [3.8, 4) is 0 Å². The molecule has 7 heteroatoms. The fourth-order valence-electron chi connectivity index (χ4n) is 4.16. The first-order valence-corrected chi connectivity index (χ1v) is 13.5. The predicted octanol–water partition coefficient (Wildman–Crippen LogP) is 4.30. The van der Waals surface area contributed by atoms with Gasteiger partial charge in [0.2, 0.25) is 15.9 Å². The fourth-order valence-corrected chi connectivity index (χ4v) is 5.02. The molecule has 1 amide bonds. The Morgan fingerprint density at radius 1 is 1.09 bits per heavy atom. The zero-order valence-corrected chi connectivity index (χ0v) is 21.3. The van der Waals surface area contributed by atoms with Crippen molar-refractivity contribution in [2.75, 3.05) is 35.1 Å². The molecule has 1 unspecified atom stereocenters. The average molecular weight is 472 g/mol. The summed E-state index contributed by atoms with van der Waals surface area (Å²) in [5.41, 5.74) is 3.75. The highest BCUT2D eigenvalue weighted by molar-refractivity contribution is 7.92. The SMILES string of the molecule is CC1CCCN(c2ccc(CNC(=O)CN(c3ccc(C(C)(C)C)cc3)S(C)(=O)=O)cc2)C1. The van der Waals surface area contributed by atoms with Crippen LogP contribution in [0.4, 0.5) is 11.4 Å². The Hall–Kier alpha value is -2.54. The van der Waals surface area contributed by atoms with E-state index in [1.54, 1.807) is 12.1 Å². The van der Waals surface area contributed by atoms with Crippen LogP contribution in [0.5, 0.6) is 0 Å². The first-order chi connectivity index (χ1) is 15.4. The summed E-state index contributed by atoms with van der Waals surface area (Å²) >= 11 is 0. The van der Waals surface area contributed by atoms with Gasteiger partial charge in [0.15, 0.2) is 0 Å². The van der Waals surface area contributed by atoms with E-state index in [1.807, 2.05) is 24.3 Å². The molecule has 180 valence electrons. The van der Waals surface area contributed by atoms with Gasteiger partial charge < -0.3 is 10.2 Å². The summed E-state index contributed by atoms with van der Waals surface area (Å²) in [6, 6.07) is 15.6. The molecule has 2 aromatic rings. The van der Waals surface area contributed by atoms with Crippen LogP contribution in [0, 0.1) is 5.92 Å². The minimum Gasteiger partial charge on any atom is -0.371 e. The minimum absolute atomic E-state index is 0.0341. The van der Waals surface area contributed by atoms with Gasteiger partial charge in [0, 0.05) is 25.3 Å². The van der Waals surface area contributed by atoms with Crippen molar-refractivity contribution in [3.05, 3.63) is 59.7 Å². The van der Waals surface area contributed by atoms with Gasteiger partial charge in [-0.2, -0.15) is 0 Å². The van der Waals surface area contributed by atoms with Crippen LogP contribution in [0.25, 0.3) is 0 Å². The molecule has 1 atom stereocenters. The van der Waals surface area contributed by atoms with E-state index >= 15 is 0 Å². The number of hydrogen-bond acceptors (Lipinski definition) is 4. The molecule has 33 heavy (non-hydrogen) atoms. The molecule has 1 aliphatic heterocycles. The van der Waals surface area contributed by atoms with Gasteiger partial charge in [0.1, 0.15) is 6.54 Å². The van der Waals surface area contributed by atoms with Gasteiger partial charge in [-0.25, -0.2) is 8.42 Å². The summed E-state index contributed by atoms with van der Waals surface area (Å²) in [4.78, 5) is 15.0. The molecule has 6 nitrogen and oxygen atoms in total. The zero-order valence-electron chi connectivity index (χ0n) is 20.5. The second-order valence-electron chi connectivity index (χ2n) is 10.2. The number of amides is 1. The largest absolute Gasteiger partial charge is 0.371 e. The monoisotopic (exact) mass is 471 g/mol. The van der Waals surface area contributed by atoms with Crippen LogP contribution >= 0.6 is 0 Å². The van der Waals surface area contributed by atoms with Crippen molar-refractivity contribution >= 4 is 27.3 Å². The number of rotatable bonds is 7. The number of nitrogens with zero attached hydrogens (tertiary/aromatic N) is 2. The molecule has 1 aliphatic rings. The maximum atomic E-state index is 12.6. The highest BCUT2D eigenvalue weighted by Gasteiger charge is 2.22. The van der Waals surface area contributed by atoms with E-state index in [4.69, 9.17) is 0 Å². The number of nitrogens with one attached hydrogen (secondary N) is 1. The normalized spacial score (nSPS) is 17.0. The molecule has 3 rings (SSSR count). The smallest absolute Gasteiger partial charge is 0.241 e. The second kappa shape index (κ2) is 10.2. The van der Waals surface area contributed by atoms with Crippen molar-refractivity contribution < 1.29 is 13.2 Å². The Labute approximate surface area is 199 Å². The van der Waals surface area contributed by atoms with Crippen LogP contribution in [0.3, 0.4) is 0 Å². The third-order valence-electron chi connectivity index (χ3n) is 6.16. The molecule has 0 radical (unpaired) electrons. The Morgan fingerprint density at radius 3 is 2.27 bits per heavy atom. The van der Waals surface area contributed by atoms with Gasteiger partial charge >= 0.3 is 0 Å². The first kappa shape index (κ1) is 25.1. The molecule has 1 heterocycles. The van der Waals surface area contributed by atoms with E-state index in [0.717, 1.165) is 34.8 Å². The summed E-state index contributed by atoms with van der Waals surface area (Å²) in [6.07, 6.45) is 3.62. The summed E-state index contributed by atoms with van der Waals surface area (Å²) in [7, 11) is -3.60. The van der Waals surface area contributed by atoms with Crippen LogP contribution < -0.4 is 14.5 Å². The highest BCUT2D eigenvalue weighted by atomic mass is 32.2. The maximum Gasteiger partial charge on any atom is 0.241 e. The Balaban J connectivity index is 1.60. The maximum absolute atomic E-state index is 12.6. The molecular formula is C26H37N3O3S. The molecule has 2 aromatic carbocycles. The number of piperidine rings is 1. The number of anilines is 2.